The number of likely N-dealkylation sites (tertiary alicyclic amines) is 1. The summed E-state index contributed by atoms with van der Waals surface area (Å²) in [6.07, 6.45) is 1.80. The number of anilines is 1. The minimum Gasteiger partial charge on any atom is -0.497 e. The molecule has 0 saturated carbocycles. The Hall–Kier alpha value is -4.53. The van der Waals surface area contributed by atoms with E-state index in [1.807, 2.05) is 31.2 Å². The zero-order valence-corrected chi connectivity index (χ0v) is 27.7. The van der Waals surface area contributed by atoms with Gasteiger partial charge in [0.05, 0.1) is 30.6 Å². The Kier molecular flexibility index (Phi) is 11.9. The van der Waals surface area contributed by atoms with E-state index in [0.717, 1.165) is 11.1 Å². The van der Waals surface area contributed by atoms with Gasteiger partial charge in [0, 0.05) is 25.8 Å². The van der Waals surface area contributed by atoms with E-state index >= 15 is 0 Å². The molecule has 4 rings (SSSR count). The van der Waals surface area contributed by atoms with E-state index < -0.39 is 47.2 Å². The van der Waals surface area contributed by atoms with Gasteiger partial charge in [-0.3, -0.25) is 14.4 Å². The van der Waals surface area contributed by atoms with Crippen molar-refractivity contribution in [1.82, 2.24) is 19.9 Å². The molecule has 0 radical (unpaired) electrons. The molecule has 3 aromatic rings. The normalized spacial score (nSPS) is 16.8. The second-order valence-corrected chi connectivity index (χ2v) is 13.2. The maximum atomic E-state index is 13.4. The van der Waals surface area contributed by atoms with Crippen LogP contribution < -0.4 is 20.1 Å². The maximum absolute atomic E-state index is 13.4. The van der Waals surface area contributed by atoms with Crippen molar-refractivity contribution in [1.29, 1.82) is 0 Å². The molecule has 14 heteroatoms. The molecule has 0 unspecified atom stereocenters. The number of rotatable bonds is 15. The van der Waals surface area contributed by atoms with Crippen LogP contribution in [0.4, 0.5) is 5.82 Å². The number of benzene rings is 2. The first-order valence-electron chi connectivity index (χ1n) is 15.1. The molecular weight excluding hydrogens is 626 g/mol. The monoisotopic (exact) mass is 667 g/mol. The summed E-state index contributed by atoms with van der Waals surface area (Å²) in [6.45, 7) is 4.87. The third-order valence-corrected chi connectivity index (χ3v) is 9.57. The summed E-state index contributed by atoms with van der Waals surface area (Å²) in [6, 6.07) is 14.3. The molecule has 3 atom stereocenters. The van der Waals surface area contributed by atoms with Gasteiger partial charge in [-0.25, -0.2) is 13.4 Å². The van der Waals surface area contributed by atoms with Crippen LogP contribution in [0.1, 0.15) is 28.7 Å². The molecule has 4 N–H and O–H groups in total. The lowest BCUT2D eigenvalue weighted by Crippen LogP contribution is -2.49. The van der Waals surface area contributed by atoms with Crippen molar-refractivity contribution in [2.75, 3.05) is 38.7 Å². The number of carboxylic acid groups (broad SMARTS) is 1. The minimum absolute atomic E-state index is 0.00263. The number of hydrogen-bond donors (Lipinski definition) is 4. The second-order valence-electron chi connectivity index (χ2n) is 11.5. The summed E-state index contributed by atoms with van der Waals surface area (Å²) in [5.74, 6) is -0.871. The van der Waals surface area contributed by atoms with Gasteiger partial charge < -0.3 is 30.1 Å². The maximum Gasteiger partial charge on any atom is 0.323 e. The molecule has 0 bridgehead atoms. The van der Waals surface area contributed by atoms with Crippen molar-refractivity contribution in [2.24, 2.45) is 0 Å². The van der Waals surface area contributed by atoms with Crippen LogP contribution >= 0.6 is 0 Å². The van der Waals surface area contributed by atoms with Gasteiger partial charge in [0.25, 0.3) is 0 Å². The van der Waals surface area contributed by atoms with Crippen LogP contribution in [0.5, 0.6) is 5.75 Å². The van der Waals surface area contributed by atoms with Crippen molar-refractivity contribution in [3.05, 3.63) is 83.0 Å². The number of hydrogen-bond acceptors (Lipinski definition) is 9. The molecule has 0 aliphatic carbocycles. The molecule has 13 nitrogen and oxygen atoms in total. The molecule has 2 aromatic carbocycles. The van der Waals surface area contributed by atoms with E-state index in [1.165, 1.54) is 0 Å². The average molecular weight is 668 g/mol. The number of nitrogens with one attached hydrogen (secondary N) is 3. The van der Waals surface area contributed by atoms with E-state index in [-0.39, 0.29) is 29.8 Å². The van der Waals surface area contributed by atoms with E-state index in [1.54, 1.807) is 62.4 Å². The number of sulfonamides is 1. The summed E-state index contributed by atoms with van der Waals surface area (Å²) >= 11 is 0. The predicted molar refractivity (Wildman–Crippen MR) is 175 cm³/mol. The zero-order chi connectivity index (χ0) is 34.1. The van der Waals surface area contributed by atoms with Gasteiger partial charge >= 0.3 is 5.97 Å². The van der Waals surface area contributed by atoms with Crippen molar-refractivity contribution >= 4 is 33.6 Å². The molecule has 1 fully saturated rings. The highest BCUT2D eigenvalue weighted by atomic mass is 32.2. The van der Waals surface area contributed by atoms with Crippen LogP contribution in [0.15, 0.2) is 65.7 Å². The fraction of sp³-hybridized carbons (Fsp3) is 0.394. The summed E-state index contributed by atoms with van der Waals surface area (Å²) in [4.78, 5) is 44.0. The van der Waals surface area contributed by atoms with Gasteiger partial charge in [-0.15, -0.1) is 0 Å². The number of pyridine rings is 1. The molecule has 1 aliphatic heterocycles. The predicted octanol–water partition coefficient (Wildman–Crippen LogP) is 2.20. The molecule has 1 aromatic heterocycles. The zero-order valence-electron chi connectivity index (χ0n) is 26.9. The molecule has 0 spiro atoms. The largest absolute Gasteiger partial charge is 0.497 e. The Morgan fingerprint density at radius 2 is 1.81 bits per heavy atom. The lowest BCUT2D eigenvalue weighted by atomic mass is 10.1. The Morgan fingerprint density at radius 1 is 1.06 bits per heavy atom. The quantitative estimate of drug-likeness (QED) is 0.188. The van der Waals surface area contributed by atoms with E-state index in [4.69, 9.17) is 9.47 Å². The number of carboxylic acids is 1. The summed E-state index contributed by atoms with van der Waals surface area (Å²) in [7, 11) is -2.64. The molecule has 47 heavy (non-hydrogen) atoms. The number of methoxy groups -OCH3 is 1. The number of carbonyl (C=O) groups excluding carboxylic acids is 2. The van der Waals surface area contributed by atoms with Crippen LogP contribution in [0.25, 0.3) is 0 Å². The first-order chi connectivity index (χ1) is 22.4. The van der Waals surface area contributed by atoms with Crippen LogP contribution in [-0.2, 0) is 35.6 Å². The highest BCUT2D eigenvalue weighted by Crippen LogP contribution is 2.24. The van der Waals surface area contributed by atoms with Gasteiger partial charge in [0.1, 0.15) is 24.2 Å². The third kappa shape index (κ3) is 9.73. The number of aryl methyl sites for hydroxylation is 3. The summed E-state index contributed by atoms with van der Waals surface area (Å²) < 4.78 is 39.5. The van der Waals surface area contributed by atoms with E-state index in [9.17, 15) is 27.9 Å². The smallest absolute Gasteiger partial charge is 0.323 e. The van der Waals surface area contributed by atoms with Crippen LogP contribution in [-0.4, -0.2) is 92.7 Å². The summed E-state index contributed by atoms with van der Waals surface area (Å²) in [5, 5.41) is 15.4. The van der Waals surface area contributed by atoms with E-state index in [2.05, 4.69) is 20.3 Å². The summed E-state index contributed by atoms with van der Waals surface area (Å²) in [5.41, 5.74) is 2.64. The molecule has 2 amide bonds. The number of amides is 2. The van der Waals surface area contributed by atoms with Crippen molar-refractivity contribution < 1.29 is 37.4 Å². The number of ether oxygens (including phenoxy) is 2. The van der Waals surface area contributed by atoms with Gasteiger partial charge in [-0.2, -0.15) is 4.72 Å². The van der Waals surface area contributed by atoms with Crippen molar-refractivity contribution in [2.45, 2.75) is 56.7 Å². The SMILES string of the molecule is COc1cccc(CC(=O)N2C[C@H](OCC(=O)NC[C@H](NS(=O)(=O)c3c(C)cc(C)cc3C)C(=O)O)C[C@H]2CNc2ccccn2)c1. The average Bonchev–Trinajstić information content (AvgIpc) is 3.44. The molecule has 2 heterocycles. The molecule has 1 aliphatic rings. The van der Waals surface area contributed by atoms with Gasteiger partial charge in [0.15, 0.2) is 0 Å². The number of aliphatic carboxylic acids is 1. The van der Waals surface area contributed by atoms with Gasteiger partial charge in [0.2, 0.25) is 21.8 Å². The van der Waals surface area contributed by atoms with Gasteiger partial charge in [-0.05, 0) is 68.1 Å². The number of nitrogens with zero attached hydrogens (tertiary/aromatic N) is 2. The van der Waals surface area contributed by atoms with Crippen molar-refractivity contribution in [3.8, 4) is 5.75 Å². The lowest BCUT2D eigenvalue weighted by molar-refractivity contribution is -0.139. The minimum atomic E-state index is -4.20. The molecular formula is C33H41N5O8S. The lowest BCUT2D eigenvalue weighted by Gasteiger charge is -2.25. The fourth-order valence-electron chi connectivity index (χ4n) is 5.72. The van der Waals surface area contributed by atoms with Gasteiger partial charge in [-0.1, -0.05) is 35.9 Å². The highest BCUT2D eigenvalue weighted by Gasteiger charge is 2.36. The first kappa shape index (κ1) is 35.3. The Bertz CT molecular complexity index is 1660. The second kappa shape index (κ2) is 15.8. The topological polar surface area (TPSA) is 176 Å². The number of aromatic nitrogens is 1. The van der Waals surface area contributed by atoms with Crippen LogP contribution in [0, 0.1) is 20.8 Å². The Morgan fingerprint density at radius 3 is 2.47 bits per heavy atom. The van der Waals surface area contributed by atoms with E-state index in [0.29, 0.717) is 35.7 Å². The van der Waals surface area contributed by atoms with Crippen molar-refractivity contribution in [3.63, 3.8) is 0 Å². The highest BCUT2D eigenvalue weighted by molar-refractivity contribution is 7.89. The third-order valence-electron chi connectivity index (χ3n) is 7.79. The fourth-order valence-corrected chi connectivity index (χ4v) is 7.36. The molecule has 1 saturated heterocycles. The number of carbonyl (C=O) groups is 3. The Labute approximate surface area is 274 Å². The standard InChI is InChI=1S/C33H41N5O8S/c1-21-12-22(2)32(23(3)13-21)47(43,44)37-28(33(41)42)18-36-30(39)20-46-27-16-25(17-35-29-10-5-6-11-34-29)38(19-27)31(40)15-24-8-7-9-26(14-24)45-4/h5-14,25,27-28,37H,15-20H2,1-4H3,(H,34,35)(H,36,39)(H,41,42)/t25-,27+,28-/m0/s1. The molecule has 252 valence electrons. The van der Waals surface area contributed by atoms with Crippen LogP contribution in [0.2, 0.25) is 0 Å². The Balaban J connectivity index is 1.35. The first-order valence-corrected chi connectivity index (χ1v) is 16.6. The van der Waals surface area contributed by atoms with Crippen LogP contribution in [0.3, 0.4) is 0 Å².